The van der Waals surface area contributed by atoms with Gasteiger partial charge in [-0.05, 0) is 54.5 Å². The molecule has 0 aliphatic heterocycles. The van der Waals surface area contributed by atoms with Crippen molar-refractivity contribution in [3.05, 3.63) is 62.6 Å². The van der Waals surface area contributed by atoms with E-state index < -0.39 is 11.4 Å². The largest absolute Gasteiger partial charge is 0.285 e. The molecule has 0 atom stereocenters. The van der Waals surface area contributed by atoms with Gasteiger partial charge in [-0.25, -0.2) is 9.07 Å². The van der Waals surface area contributed by atoms with Crippen LogP contribution in [0.1, 0.15) is 28.2 Å². The number of aryl methyl sites for hydroxylation is 2. The van der Waals surface area contributed by atoms with Crippen LogP contribution in [-0.4, -0.2) is 30.0 Å². The van der Waals surface area contributed by atoms with Gasteiger partial charge in [-0.3, -0.25) is 4.79 Å². The molecule has 0 saturated carbocycles. The van der Waals surface area contributed by atoms with Gasteiger partial charge in [0.25, 0.3) is 5.56 Å². The fourth-order valence-corrected chi connectivity index (χ4v) is 2.42. The summed E-state index contributed by atoms with van der Waals surface area (Å²) in [6.45, 7) is 5.10. The topological polar surface area (TPSA) is 102 Å². The second-order valence-electron chi connectivity index (χ2n) is 5.62. The van der Waals surface area contributed by atoms with Gasteiger partial charge in [0.15, 0.2) is 5.82 Å². The van der Waals surface area contributed by atoms with Crippen molar-refractivity contribution in [3.63, 3.8) is 0 Å². The second-order valence-corrected chi connectivity index (χ2v) is 5.62. The number of halogens is 1. The van der Waals surface area contributed by atoms with Gasteiger partial charge in [0, 0.05) is 0 Å². The molecule has 25 heavy (non-hydrogen) atoms. The third-order valence-electron chi connectivity index (χ3n) is 3.90. The number of aromatic nitrogens is 6. The summed E-state index contributed by atoms with van der Waals surface area (Å²) in [6, 6.07) is 6.46. The molecule has 9 heteroatoms. The van der Waals surface area contributed by atoms with Crippen LogP contribution in [0.15, 0.2) is 23.0 Å². The Morgan fingerprint density at radius 1 is 1.28 bits per heavy atom. The molecule has 0 fully saturated rings. The van der Waals surface area contributed by atoms with Gasteiger partial charge in [0.05, 0.1) is 5.69 Å². The van der Waals surface area contributed by atoms with Crippen LogP contribution in [0.2, 0.25) is 0 Å². The van der Waals surface area contributed by atoms with E-state index in [1.54, 1.807) is 26.0 Å². The molecule has 0 unspecified atom stereocenters. The van der Waals surface area contributed by atoms with E-state index in [0.29, 0.717) is 11.3 Å². The molecule has 1 aromatic carbocycles. The lowest BCUT2D eigenvalue weighted by molar-refractivity contribution is 0.571. The number of rotatable bonds is 3. The van der Waals surface area contributed by atoms with Crippen molar-refractivity contribution in [2.45, 2.75) is 27.3 Å². The third-order valence-corrected chi connectivity index (χ3v) is 3.90. The highest BCUT2D eigenvalue weighted by Crippen LogP contribution is 2.15. The zero-order valence-electron chi connectivity index (χ0n) is 13.9. The smallest absolute Gasteiger partial charge is 0.266 e. The van der Waals surface area contributed by atoms with E-state index in [1.165, 1.54) is 10.7 Å². The van der Waals surface area contributed by atoms with E-state index in [4.69, 9.17) is 0 Å². The van der Waals surface area contributed by atoms with Crippen LogP contribution < -0.4 is 5.56 Å². The van der Waals surface area contributed by atoms with E-state index in [0.717, 1.165) is 10.2 Å². The molecule has 126 valence electrons. The van der Waals surface area contributed by atoms with Gasteiger partial charge >= 0.3 is 0 Å². The van der Waals surface area contributed by atoms with Crippen LogP contribution in [0.3, 0.4) is 0 Å². The monoisotopic (exact) mass is 339 g/mol. The molecule has 0 aliphatic rings. The van der Waals surface area contributed by atoms with Gasteiger partial charge < -0.3 is 0 Å². The van der Waals surface area contributed by atoms with Gasteiger partial charge in [-0.2, -0.15) is 15.0 Å². The van der Waals surface area contributed by atoms with Gasteiger partial charge in [0.2, 0.25) is 0 Å². The Kier molecular flexibility index (Phi) is 4.10. The number of nitrogens with zero attached hydrogens (tertiary/aromatic N) is 7. The Balaban J connectivity index is 2.09. The number of nitriles is 1. The summed E-state index contributed by atoms with van der Waals surface area (Å²) >= 11 is 0. The van der Waals surface area contributed by atoms with Crippen LogP contribution in [0.25, 0.3) is 5.69 Å². The quantitative estimate of drug-likeness (QED) is 0.710. The summed E-state index contributed by atoms with van der Waals surface area (Å²) in [5.74, 6) is -0.261. The molecular formula is C16H14FN7O. The molecule has 0 radical (unpaired) electrons. The third kappa shape index (κ3) is 2.89. The fraction of sp³-hybridized carbons (Fsp3) is 0.250. The van der Waals surface area contributed by atoms with Crippen molar-refractivity contribution in [2.75, 3.05) is 0 Å². The highest BCUT2D eigenvalue weighted by molar-refractivity contribution is 5.37. The Morgan fingerprint density at radius 2 is 2.04 bits per heavy atom. The van der Waals surface area contributed by atoms with Crippen molar-refractivity contribution in [2.24, 2.45) is 0 Å². The Morgan fingerprint density at radius 3 is 2.76 bits per heavy atom. The number of tetrazole rings is 1. The summed E-state index contributed by atoms with van der Waals surface area (Å²) in [6.07, 6.45) is 0. The van der Waals surface area contributed by atoms with Crippen molar-refractivity contribution in [1.29, 1.82) is 5.26 Å². The summed E-state index contributed by atoms with van der Waals surface area (Å²) in [5, 5.41) is 24.6. The molecule has 2 aromatic heterocycles. The van der Waals surface area contributed by atoms with Crippen LogP contribution in [-0.2, 0) is 6.54 Å². The molecule has 0 amide bonds. The molecule has 0 aliphatic carbocycles. The lowest BCUT2D eigenvalue weighted by atomic mass is 10.1. The summed E-state index contributed by atoms with van der Waals surface area (Å²) in [7, 11) is 0. The summed E-state index contributed by atoms with van der Waals surface area (Å²) in [4.78, 5) is 12.4. The van der Waals surface area contributed by atoms with Crippen molar-refractivity contribution < 1.29 is 4.39 Å². The molecule has 8 nitrogen and oxygen atoms in total. The van der Waals surface area contributed by atoms with Crippen molar-refractivity contribution in [3.8, 4) is 11.8 Å². The van der Waals surface area contributed by atoms with Crippen LogP contribution >= 0.6 is 0 Å². The van der Waals surface area contributed by atoms with Crippen LogP contribution in [0, 0.1) is 37.9 Å². The van der Waals surface area contributed by atoms with Crippen LogP contribution in [0.4, 0.5) is 4.39 Å². The first-order chi connectivity index (χ1) is 11.9. The molecule has 3 rings (SSSR count). The SMILES string of the molecule is Cc1ccc(F)c(-n2nnnc2Cn2nc(C)c(C)c(C#N)c2=O)c1. The Labute approximate surface area is 142 Å². The number of hydrogen-bond donors (Lipinski definition) is 0. The van der Waals surface area contributed by atoms with Crippen molar-refractivity contribution >= 4 is 0 Å². The standard InChI is InChI=1S/C16H14FN7O/c1-9-4-5-13(17)14(6-9)24-15(19-21-22-24)8-23-16(25)12(7-18)10(2)11(3)20-23/h4-6H,8H2,1-3H3. The predicted octanol–water partition coefficient (Wildman–Crippen LogP) is 1.20. The van der Waals surface area contributed by atoms with Gasteiger partial charge in [0.1, 0.15) is 29.7 Å². The van der Waals surface area contributed by atoms with E-state index in [1.807, 2.05) is 13.0 Å². The first kappa shape index (κ1) is 16.4. The second kappa shape index (κ2) is 6.24. The Hall–Kier alpha value is -3.41. The molecule has 0 N–H and O–H groups in total. The minimum absolute atomic E-state index is 0.0215. The van der Waals surface area contributed by atoms with Gasteiger partial charge in [-0.1, -0.05) is 6.07 Å². The highest BCUT2D eigenvalue weighted by Gasteiger charge is 2.17. The minimum Gasteiger partial charge on any atom is -0.266 e. The van der Waals surface area contributed by atoms with Crippen molar-refractivity contribution in [1.82, 2.24) is 30.0 Å². The molecule has 0 saturated heterocycles. The first-order valence-electron chi connectivity index (χ1n) is 7.44. The van der Waals surface area contributed by atoms with E-state index in [2.05, 4.69) is 20.6 Å². The molecule has 2 heterocycles. The fourth-order valence-electron chi connectivity index (χ4n) is 2.42. The summed E-state index contributed by atoms with van der Waals surface area (Å²) < 4.78 is 16.5. The molecule has 3 aromatic rings. The lowest BCUT2D eigenvalue weighted by Gasteiger charge is -2.10. The molecule has 0 bridgehead atoms. The maximum Gasteiger partial charge on any atom is 0.285 e. The normalized spacial score (nSPS) is 10.7. The maximum atomic E-state index is 14.1. The zero-order valence-corrected chi connectivity index (χ0v) is 13.9. The number of hydrogen-bond acceptors (Lipinski definition) is 6. The Bertz CT molecular complexity index is 1060. The highest BCUT2D eigenvalue weighted by atomic mass is 19.1. The van der Waals surface area contributed by atoms with E-state index >= 15 is 0 Å². The average Bonchev–Trinajstić information content (AvgIpc) is 3.03. The maximum absolute atomic E-state index is 14.1. The first-order valence-corrected chi connectivity index (χ1v) is 7.44. The van der Waals surface area contributed by atoms with Gasteiger partial charge in [-0.15, -0.1) is 5.10 Å². The number of benzene rings is 1. The summed E-state index contributed by atoms with van der Waals surface area (Å²) in [5.41, 5.74) is 1.59. The van der Waals surface area contributed by atoms with E-state index in [-0.39, 0.29) is 23.6 Å². The lowest BCUT2D eigenvalue weighted by Crippen LogP contribution is -2.29. The zero-order chi connectivity index (χ0) is 18.1. The molecular weight excluding hydrogens is 325 g/mol. The predicted molar refractivity (Wildman–Crippen MR) is 85.6 cm³/mol. The average molecular weight is 339 g/mol. The van der Waals surface area contributed by atoms with Crippen LogP contribution in [0.5, 0.6) is 0 Å². The minimum atomic E-state index is -0.537. The van der Waals surface area contributed by atoms with E-state index in [9.17, 15) is 14.4 Å². The molecule has 0 spiro atoms.